The van der Waals surface area contributed by atoms with Crippen LogP contribution in [-0.2, 0) is 29.7 Å². The molecule has 0 radical (unpaired) electrons. The van der Waals surface area contributed by atoms with Crippen molar-refractivity contribution in [3.05, 3.63) is 82.8 Å². The van der Waals surface area contributed by atoms with Crippen molar-refractivity contribution in [2.45, 2.75) is 25.0 Å². The Hall–Kier alpha value is -2.85. The topological polar surface area (TPSA) is 63.7 Å². The van der Waals surface area contributed by atoms with Crippen molar-refractivity contribution in [1.82, 2.24) is 14.5 Å². The minimum atomic E-state index is -0.597. The molecule has 0 saturated carbocycles. The van der Waals surface area contributed by atoms with Crippen molar-refractivity contribution in [2.75, 3.05) is 31.1 Å². The lowest BCUT2D eigenvalue weighted by Crippen LogP contribution is -2.24. The monoisotopic (exact) mass is 504 g/mol. The van der Waals surface area contributed by atoms with E-state index in [2.05, 4.69) is 59.1 Å². The van der Waals surface area contributed by atoms with Crippen LogP contribution in [0.25, 0.3) is 22.3 Å². The Kier molecular flexibility index (Phi) is 6.35. The van der Waals surface area contributed by atoms with Crippen LogP contribution in [0, 0.1) is 11.3 Å². The minimum Gasteiger partial charge on any atom is -0.360 e. The number of nitriles is 1. The van der Waals surface area contributed by atoms with Crippen LogP contribution in [-0.4, -0.2) is 45.7 Å². The molecule has 2 heterocycles. The van der Waals surface area contributed by atoms with Gasteiger partial charge in [0.05, 0.1) is 23.8 Å². The van der Waals surface area contributed by atoms with Gasteiger partial charge >= 0.3 is 0 Å². The molecule has 1 aliphatic rings. The van der Waals surface area contributed by atoms with Crippen LogP contribution in [0.2, 0.25) is 5.28 Å². The van der Waals surface area contributed by atoms with Crippen LogP contribution < -0.4 is 0 Å². The van der Waals surface area contributed by atoms with E-state index in [0.29, 0.717) is 26.2 Å². The Labute approximate surface area is 213 Å². The first-order valence-corrected chi connectivity index (χ1v) is 15.0. The molecule has 5 rings (SSSR count). The van der Waals surface area contributed by atoms with E-state index < -0.39 is 15.4 Å². The van der Waals surface area contributed by atoms with Gasteiger partial charge in [0, 0.05) is 22.9 Å². The van der Waals surface area contributed by atoms with Crippen molar-refractivity contribution in [2.24, 2.45) is 0 Å². The number of hydrogen-bond donors (Lipinski definition) is 0. The fourth-order valence-corrected chi connectivity index (χ4v) is 5.54. The number of fused-ring (bicyclic) bond motifs is 2. The van der Waals surface area contributed by atoms with E-state index in [-0.39, 0.29) is 5.28 Å². The molecular weight excluding hydrogens is 476 g/mol. The molecule has 180 valence electrons. The van der Waals surface area contributed by atoms with Crippen LogP contribution in [0.4, 0.5) is 0 Å². The fraction of sp³-hybridized carbons (Fsp3) is 0.321. The summed E-state index contributed by atoms with van der Waals surface area (Å²) in [7, 11) is -0.597. The number of halogens is 1. The van der Waals surface area contributed by atoms with Gasteiger partial charge in [0.2, 0.25) is 5.28 Å². The van der Waals surface area contributed by atoms with Crippen molar-refractivity contribution >= 4 is 32.7 Å². The van der Waals surface area contributed by atoms with Crippen molar-refractivity contribution < 1.29 is 4.74 Å². The van der Waals surface area contributed by atoms with E-state index in [1.54, 1.807) is 0 Å². The molecule has 0 spiro atoms. The normalized spacial score (nSPS) is 15.2. The Morgan fingerprint density at radius 3 is 2.49 bits per heavy atom. The number of nitrogens with zero attached hydrogens (tertiary/aromatic N) is 4. The van der Waals surface area contributed by atoms with Crippen LogP contribution in [0.5, 0.6) is 0 Å². The molecular formula is C28H29ClN4OS. The highest BCUT2D eigenvalue weighted by molar-refractivity contribution is 8.32. The second-order valence-corrected chi connectivity index (χ2v) is 15.0. The third-order valence-electron chi connectivity index (χ3n) is 6.67. The maximum atomic E-state index is 10.3. The minimum absolute atomic E-state index is 0.195. The van der Waals surface area contributed by atoms with Gasteiger partial charge < -0.3 is 9.30 Å². The standard InChI is InChI=1S/C28H29ClN4OS/c1-35(2,3)14-13-34-19-33-12-11-24-25(31-27(29)32-26(24)33)20-9-6-10-23(15-20)28(18-30)16-21-7-4-5-8-22(21)17-28/h4-12,15H,13-14,16-17,19H2,1-3H3. The van der Waals surface area contributed by atoms with E-state index >= 15 is 0 Å². The molecule has 2 aromatic carbocycles. The summed E-state index contributed by atoms with van der Waals surface area (Å²) in [6.07, 6.45) is 10.3. The highest BCUT2D eigenvalue weighted by atomic mass is 35.5. The first kappa shape index (κ1) is 23.9. The molecule has 0 fully saturated rings. The summed E-state index contributed by atoms with van der Waals surface area (Å²) >= 11 is 6.38. The number of rotatable bonds is 7. The molecule has 0 saturated heterocycles. The van der Waals surface area contributed by atoms with Crippen molar-refractivity contribution in [3.8, 4) is 17.3 Å². The zero-order chi connectivity index (χ0) is 24.6. The lowest BCUT2D eigenvalue weighted by molar-refractivity contribution is 0.0923. The van der Waals surface area contributed by atoms with Gasteiger partial charge in [0.1, 0.15) is 12.4 Å². The lowest BCUT2D eigenvalue weighted by atomic mass is 9.78. The molecule has 7 heteroatoms. The van der Waals surface area contributed by atoms with Crippen molar-refractivity contribution in [1.29, 1.82) is 5.26 Å². The summed E-state index contributed by atoms with van der Waals surface area (Å²) in [5.41, 5.74) is 5.36. The highest BCUT2D eigenvalue weighted by Gasteiger charge is 2.39. The predicted molar refractivity (Wildman–Crippen MR) is 145 cm³/mol. The average Bonchev–Trinajstić information content (AvgIpc) is 3.43. The highest BCUT2D eigenvalue weighted by Crippen LogP contribution is 2.41. The smallest absolute Gasteiger partial charge is 0.224 e. The number of benzene rings is 2. The molecule has 1 aliphatic carbocycles. The third-order valence-corrected chi connectivity index (χ3v) is 8.23. The summed E-state index contributed by atoms with van der Waals surface area (Å²) in [6, 6.07) is 21.1. The van der Waals surface area contributed by atoms with Gasteiger partial charge in [-0.25, -0.2) is 15.0 Å². The molecule has 0 atom stereocenters. The summed E-state index contributed by atoms with van der Waals surface area (Å²) in [4.78, 5) is 9.09. The SMILES string of the molecule is CS(C)(C)CCOCn1ccc2c(-c3cccc(C4(C#N)Cc5ccccc5C4)c3)nc(Cl)nc21. The molecule has 0 amide bonds. The van der Waals surface area contributed by atoms with E-state index in [9.17, 15) is 5.26 Å². The van der Waals surface area contributed by atoms with Crippen LogP contribution in [0.1, 0.15) is 16.7 Å². The van der Waals surface area contributed by atoms with Gasteiger partial charge in [-0.1, -0.05) is 42.5 Å². The molecule has 0 bridgehead atoms. The summed E-state index contributed by atoms with van der Waals surface area (Å²) in [5, 5.41) is 11.4. The molecule has 0 N–H and O–H groups in total. The van der Waals surface area contributed by atoms with Gasteiger partial charge in [0.25, 0.3) is 0 Å². The number of ether oxygens (including phenoxy) is 1. The van der Waals surface area contributed by atoms with Crippen LogP contribution in [0.3, 0.4) is 0 Å². The maximum absolute atomic E-state index is 10.3. The average molecular weight is 505 g/mol. The van der Waals surface area contributed by atoms with Gasteiger partial charge in [-0.05, 0) is 72.0 Å². The van der Waals surface area contributed by atoms with E-state index in [1.165, 1.54) is 11.1 Å². The first-order valence-electron chi connectivity index (χ1n) is 11.6. The first-order chi connectivity index (χ1) is 16.8. The summed E-state index contributed by atoms with van der Waals surface area (Å²) in [6.45, 7) is 1.13. The van der Waals surface area contributed by atoms with Crippen LogP contribution >= 0.6 is 21.6 Å². The van der Waals surface area contributed by atoms with E-state index in [1.807, 2.05) is 41.1 Å². The van der Waals surface area contributed by atoms with E-state index in [0.717, 1.165) is 33.6 Å². The second-order valence-electron chi connectivity index (χ2n) is 10.1. The van der Waals surface area contributed by atoms with Gasteiger partial charge in [-0.2, -0.15) is 10.2 Å². The Balaban J connectivity index is 1.47. The van der Waals surface area contributed by atoms with Gasteiger partial charge in [0.15, 0.2) is 0 Å². The predicted octanol–water partition coefficient (Wildman–Crippen LogP) is 5.98. The van der Waals surface area contributed by atoms with Gasteiger partial charge in [-0.3, -0.25) is 0 Å². The second kappa shape index (κ2) is 9.31. The Morgan fingerprint density at radius 2 is 1.80 bits per heavy atom. The third kappa shape index (κ3) is 4.81. The zero-order valence-electron chi connectivity index (χ0n) is 20.3. The molecule has 0 unspecified atom stereocenters. The number of aromatic nitrogens is 3. The molecule has 5 nitrogen and oxygen atoms in total. The van der Waals surface area contributed by atoms with E-state index in [4.69, 9.17) is 16.3 Å². The molecule has 0 aliphatic heterocycles. The zero-order valence-corrected chi connectivity index (χ0v) is 21.9. The lowest BCUT2D eigenvalue weighted by Gasteiger charge is -2.24. The number of hydrogen-bond acceptors (Lipinski definition) is 4. The Bertz CT molecular complexity index is 1410. The van der Waals surface area contributed by atoms with Crippen LogP contribution in [0.15, 0.2) is 60.8 Å². The van der Waals surface area contributed by atoms with Crippen molar-refractivity contribution in [3.63, 3.8) is 0 Å². The molecule has 4 aromatic rings. The quantitative estimate of drug-likeness (QED) is 0.229. The Morgan fingerprint density at radius 1 is 1.06 bits per heavy atom. The molecule has 35 heavy (non-hydrogen) atoms. The molecule has 2 aromatic heterocycles. The summed E-state index contributed by atoms with van der Waals surface area (Å²) in [5.74, 6) is 1.06. The maximum Gasteiger partial charge on any atom is 0.224 e. The largest absolute Gasteiger partial charge is 0.360 e. The van der Waals surface area contributed by atoms with Gasteiger partial charge in [-0.15, -0.1) is 0 Å². The summed E-state index contributed by atoms with van der Waals surface area (Å²) < 4.78 is 7.91. The fourth-order valence-electron chi connectivity index (χ4n) is 4.76.